The van der Waals surface area contributed by atoms with Crippen molar-refractivity contribution in [1.29, 1.82) is 0 Å². The topological polar surface area (TPSA) is 105 Å². The van der Waals surface area contributed by atoms with E-state index < -0.39 is 28.1 Å². The second kappa shape index (κ2) is 13.9. The van der Waals surface area contributed by atoms with E-state index in [1.807, 2.05) is 78.9 Å². The number of aliphatic hydroxyl groups excluding tert-OH is 1. The van der Waals surface area contributed by atoms with Crippen molar-refractivity contribution in [2.24, 2.45) is 0 Å². The van der Waals surface area contributed by atoms with Gasteiger partial charge in [-0.25, -0.2) is 8.42 Å². The summed E-state index contributed by atoms with van der Waals surface area (Å²) in [5.41, 5.74) is 3.48. The molecule has 0 bridgehead atoms. The Kier molecular flexibility index (Phi) is 10.1. The van der Waals surface area contributed by atoms with Gasteiger partial charge in [0, 0.05) is 18.8 Å². The normalized spacial score (nSPS) is 13.1. The van der Waals surface area contributed by atoms with Gasteiger partial charge in [0.2, 0.25) is 10.0 Å². The summed E-state index contributed by atoms with van der Waals surface area (Å²) in [6.45, 7) is 1.98. The van der Waals surface area contributed by atoms with Crippen LogP contribution in [0.3, 0.4) is 0 Å². The fraction of sp³-hybridized carbons (Fsp3) is 0.250. The van der Waals surface area contributed by atoms with E-state index in [1.54, 1.807) is 42.1 Å². The minimum absolute atomic E-state index is 0.0163. The Hall–Kier alpha value is -4.21. The van der Waals surface area contributed by atoms with E-state index in [0.29, 0.717) is 24.1 Å². The van der Waals surface area contributed by atoms with Gasteiger partial charge in [0.05, 0.1) is 35.8 Å². The molecule has 0 radical (unpaired) electrons. The Morgan fingerprint density at radius 3 is 2.41 bits per heavy atom. The van der Waals surface area contributed by atoms with Crippen LogP contribution in [0.25, 0.3) is 12.2 Å². The molecular weight excluding hydrogens is 536 g/mol. The van der Waals surface area contributed by atoms with Gasteiger partial charge < -0.3 is 10.4 Å². The van der Waals surface area contributed by atoms with Crippen molar-refractivity contribution < 1.29 is 18.3 Å². The molecule has 1 aromatic heterocycles. The smallest absolute Gasteiger partial charge is 0.251 e. The molecule has 0 aliphatic rings. The molecule has 214 valence electrons. The maximum atomic E-state index is 13.4. The number of anilines is 1. The molecule has 4 rings (SSSR count). The lowest BCUT2D eigenvalue weighted by molar-refractivity contribution is 0.0780. The highest BCUT2D eigenvalue weighted by Gasteiger charge is 2.24. The third-order valence-electron chi connectivity index (χ3n) is 6.71. The lowest BCUT2D eigenvalue weighted by Gasteiger charge is -2.25. The molecule has 0 saturated heterocycles. The molecule has 0 unspecified atom stereocenters. The number of rotatable bonds is 13. The summed E-state index contributed by atoms with van der Waals surface area (Å²) < 4.78 is 28.0. The molecule has 0 spiro atoms. The third-order valence-corrected chi connectivity index (χ3v) is 8.68. The molecule has 1 heterocycles. The van der Waals surface area contributed by atoms with Crippen LogP contribution in [0.15, 0.2) is 97.2 Å². The summed E-state index contributed by atoms with van der Waals surface area (Å²) in [7, 11) is -2.01. The molecule has 2 N–H and O–H groups in total. The molecule has 8 nitrogen and oxygen atoms in total. The number of aromatic nitrogens is 2. The van der Waals surface area contributed by atoms with Crippen LogP contribution in [0.1, 0.15) is 40.5 Å². The maximum absolute atomic E-state index is 13.4. The van der Waals surface area contributed by atoms with Crippen LogP contribution in [0.4, 0.5) is 5.69 Å². The highest BCUT2D eigenvalue weighted by molar-refractivity contribution is 7.92. The first kappa shape index (κ1) is 29.8. The second-order valence-corrected chi connectivity index (χ2v) is 12.0. The van der Waals surface area contributed by atoms with E-state index in [9.17, 15) is 18.3 Å². The Balaban J connectivity index is 1.49. The molecule has 0 saturated carbocycles. The van der Waals surface area contributed by atoms with Gasteiger partial charge in [-0.3, -0.25) is 13.8 Å². The number of nitrogens with zero attached hydrogens (tertiary/aromatic N) is 3. The fourth-order valence-electron chi connectivity index (χ4n) is 4.43. The maximum Gasteiger partial charge on any atom is 0.251 e. The predicted molar refractivity (Wildman–Crippen MR) is 164 cm³/mol. The molecule has 1 amide bonds. The van der Waals surface area contributed by atoms with Crippen LogP contribution in [0.5, 0.6) is 0 Å². The molecule has 2 atom stereocenters. The van der Waals surface area contributed by atoms with Crippen molar-refractivity contribution in [3.05, 3.63) is 120 Å². The van der Waals surface area contributed by atoms with Crippen molar-refractivity contribution in [3.8, 4) is 0 Å². The van der Waals surface area contributed by atoms with E-state index in [4.69, 9.17) is 0 Å². The van der Waals surface area contributed by atoms with Crippen LogP contribution in [-0.2, 0) is 23.0 Å². The lowest BCUT2D eigenvalue weighted by Crippen LogP contribution is -2.46. The van der Waals surface area contributed by atoms with E-state index in [0.717, 1.165) is 16.8 Å². The van der Waals surface area contributed by atoms with Gasteiger partial charge in [-0.15, -0.1) is 0 Å². The van der Waals surface area contributed by atoms with Crippen molar-refractivity contribution in [3.63, 3.8) is 0 Å². The number of benzene rings is 3. The number of sulfonamides is 1. The number of hydrogen-bond donors (Lipinski definition) is 2. The lowest BCUT2D eigenvalue weighted by atomic mass is 10.0. The van der Waals surface area contributed by atoms with E-state index in [1.165, 1.54) is 11.4 Å². The molecule has 0 fully saturated rings. The zero-order valence-electron chi connectivity index (χ0n) is 23.3. The average Bonchev–Trinajstić information content (AvgIpc) is 3.43. The Bertz CT molecular complexity index is 1550. The SMILES string of the molecule is CCCS(=O)(=O)N(C)c1cccc(C(=O)N[C@@H](Cc2ccccc2)[C@H](O)Cn2ccc(/C=C/c3ccccc3)n2)c1. The minimum atomic E-state index is -3.49. The number of aliphatic hydroxyl groups is 1. The van der Waals surface area contributed by atoms with Gasteiger partial charge in [0.15, 0.2) is 0 Å². The molecule has 0 aliphatic carbocycles. The van der Waals surface area contributed by atoms with Crippen molar-refractivity contribution >= 4 is 33.8 Å². The van der Waals surface area contributed by atoms with Gasteiger partial charge in [-0.05, 0) is 54.3 Å². The summed E-state index contributed by atoms with van der Waals surface area (Å²) >= 11 is 0. The first-order chi connectivity index (χ1) is 19.7. The van der Waals surface area contributed by atoms with Crippen LogP contribution in [0, 0.1) is 0 Å². The summed E-state index contributed by atoms with van der Waals surface area (Å²) in [5.74, 6) is -0.386. The number of nitrogens with one attached hydrogen (secondary N) is 1. The monoisotopic (exact) mass is 572 g/mol. The van der Waals surface area contributed by atoms with Gasteiger partial charge in [-0.2, -0.15) is 5.10 Å². The van der Waals surface area contributed by atoms with Crippen LogP contribution in [0.2, 0.25) is 0 Å². The number of hydrogen-bond acceptors (Lipinski definition) is 5. The van der Waals surface area contributed by atoms with Crippen molar-refractivity contribution in [1.82, 2.24) is 15.1 Å². The zero-order valence-corrected chi connectivity index (χ0v) is 24.1. The molecule has 4 aromatic rings. The molecule has 41 heavy (non-hydrogen) atoms. The second-order valence-electron chi connectivity index (χ2n) is 9.88. The van der Waals surface area contributed by atoms with Crippen molar-refractivity contribution in [2.75, 3.05) is 17.1 Å². The number of carbonyl (C=O) groups is 1. The number of amides is 1. The predicted octanol–water partition coefficient (Wildman–Crippen LogP) is 4.63. The van der Waals surface area contributed by atoms with E-state index >= 15 is 0 Å². The quantitative estimate of drug-likeness (QED) is 0.243. The first-order valence-electron chi connectivity index (χ1n) is 13.6. The Morgan fingerprint density at radius 1 is 1.00 bits per heavy atom. The van der Waals surface area contributed by atoms with Gasteiger partial charge >= 0.3 is 0 Å². The van der Waals surface area contributed by atoms with Gasteiger partial charge in [0.1, 0.15) is 0 Å². The molecule has 9 heteroatoms. The summed E-state index contributed by atoms with van der Waals surface area (Å²) in [4.78, 5) is 13.4. The largest absolute Gasteiger partial charge is 0.389 e. The third kappa shape index (κ3) is 8.39. The van der Waals surface area contributed by atoms with Crippen LogP contribution >= 0.6 is 0 Å². The summed E-state index contributed by atoms with van der Waals surface area (Å²) in [6, 6.07) is 27.3. The summed E-state index contributed by atoms with van der Waals surface area (Å²) in [5, 5.41) is 18.8. The average molecular weight is 573 g/mol. The van der Waals surface area contributed by atoms with Gasteiger partial charge in [-0.1, -0.05) is 79.7 Å². The molecule has 3 aromatic carbocycles. The molecular formula is C32H36N4O4S. The zero-order chi connectivity index (χ0) is 29.2. The number of carbonyl (C=O) groups excluding carboxylic acids is 1. The fourth-order valence-corrected chi connectivity index (χ4v) is 5.66. The van der Waals surface area contributed by atoms with Crippen LogP contribution in [-0.4, -0.2) is 54.2 Å². The Labute approximate surface area is 242 Å². The molecule has 0 aliphatic heterocycles. The Morgan fingerprint density at radius 2 is 1.71 bits per heavy atom. The summed E-state index contributed by atoms with van der Waals surface area (Å²) in [6.07, 6.45) is 5.63. The highest BCUT2D eigenvalue weighted by atomic mass is 32.2. The van der Waals surface area contributed by atoms with Gasteiger partial charge in [0.25, 0.3) is 5.91 Å². The highest BCUT2D eigenvalue weighted by Crippen LogP contribution is 2.19. The van der Waals surface area contributed by atoms with Crippen LogP contribution < -0.4 is 9.62 Å². The first-order valence-corrected chi connectivity index (χ1v) is 15.2. The van der Waals surface area contributed by atoms with Crippen molar-refractivity contribution in [2.45, 2.75) is 38.5 Å². The van der Waals surface area contributed by atoms with E-state index in [-0.39, 0.29) is 12.3 Å². The van der Waals surface area contributed by atoms with E-state index in [2.05, 4.69) is 10.4 Å². The minimum Gasteiger partial charge on any atom is -0.389 e. The standard InChI is InChI=1S/C32H36N4O4S/c1-3-21-41(39,40)35(2)29-16-10-15-27(23-29)32(38)33-30(22-26-13-8-5-9-14-26)31(37)24-36-20-19-28(34-36)18-17-25-11-6-4-7-12-25/h4-20,23,30-31,37H,3,21-22,24H2,1-2H3,(H,33,38)/b18-17+/t30-,31+/m0/s1.